The fraction of sp³-hybridized carbons (Fsp3) is 0. The molecule has 0 spiro atoms. The second-order valence-corrected chi connectivity index (χ2v) is 8.34. The molecule has 144 valence electrons. The van der Waals surface area contributed by atoms with Crippen LogP contribution in [0.5, 0.6) is 0 Å². The average Bonchev–Trinajstić information content (AvgIpc) is 2.60. The van der Waals surface area contributed by atoms with Crippen LogP contribution in [0.25, 0.3) is 12.2 Å². The molecule has 12 heteroatoms. The number of benzene rings is 2. The van der Waals surface area contributed by atoms with E-state index in [0.29, 0.717) is 11.1 Å². The predicted molar refractivity (Wildman–Crippen MR) is 111 cm³/mol. The molecule has 0 radical (unpaired) electrons. The van der Waals surface area contributed by atoms with E-state index in [1.807, 2.05) is 0 Å². The lowest BCUT2D eigenvalue weighted by molar-refractivity contribution is 0.481. The first kappa shape index (κ1) is 21.9. The molecule has 28 heavy (non-hydrogen) atoms. The lowest BCUT2D eigenvalue weighted by Gasteiger charge is -2.04. The molecule has 8 nitrogen and oxygen atoms in total. The van der Waals surface area contributed by atoms with Gasteiger partial charge in [-0.2, -0.15) is 26.8 Å². The summed E-state index contributed by atoms with van der Waals surface area (Å²) in [5.74, 6) is 0. The number of hydrogen-bond acceptors (Lipinski definition) is 8. The third-order valence-corrected chi connectivity index (χ3v) is 5.26. The fourth-order valence-electron chi connectivity index (χ4n) is 2.12. The second kappa shape index (κ2) is 8.74. The average molecular weight is 455 g/mol. The van der Waals surface area contributed by atoms with Gasteiger partial charge < -0.3 is 0 Å². The molecule has 0 fully saturated rings. The molecule has 0 heterocycles. The van der Waals surface area contributed by atoms with Gasteiger partial charge in [-0.25, -0.2) is 0 Å². The van der Waals surface area contributed by atoms with Gasteiger partial charge in [-0.05, 0) is 48.7 Å². The molecular formula is C16H10N2O6S4. The van der Waals surface area contributed by atoms with Crippen LogP contribution in [0.2, 0.25) is 0 Å². The normalized spacial score (nSPS) is 11.6. The van der Waals surface area contributed by atoms with Crippen molar-refractivity contribution in [2.45, 2.75) is 9.79 Å². The monoisotopic (exact) mass is 454 g/mol. The highest BCUT2D eigenvalue weighted by atomic mass is 32.2. The minimum Gasteiger partial charge on any atom is -0.282 e. The molecule has 0 amide bonds. The topological polar surface area (TPSA) is 133 Å². The number of isothiocyanates is 2. The van der Waals surface area contributed by atoms with Crippen molar-refractivity contribution in [1.82, 2.24) is 0 Å². The van der Waals surface area contributed by atoms with E-state index in [9.17, 15) is 16.8 Å². The van der Waals surface area contributed by atoms with Gasteiger partial charge in [0.05, 0.1) is 31.5 Å². The second-order valence-electron chi connectivity index (χ2n) is 5.13. The Morgan fingerprint density at radius 1 is 0.750 bits per heavy atom. The van der Waals surface area contributed by atoms with Crippen molar-refractivity contribution < 1.29 is 25.9 Å². The minimum atomic E-state index is -4.42. The van der Waals surface area contributed by atoms with Gasteiger partial charge in [0.15, 0.2) is 0 Å². The molecule has 0 unspecified atom stereocenters. The maximum absolute atomic E-state index is 11.3. The summed E-state index contributed by atoms with van der Waals surface area (Å²) >= 11 is 9.09. The molecule has 0 atom stereocenters. The molecule has 2 N–H and O–H groups in total. The maximum Gasteiger partial charge on any atom is 0.294 e. The first-order valence-electron chi connectivity index (χ1n) is 7.13. The van der Waals surface area contributed by atoms with Crippen molar-refractivity contribution in [3.63, 3.8) is 0 Å². The third kappa shape index (κ3) is 5.55. The van der Waals surface area contributed by atoms with Gasteiger partial charge in [0, 0.05) is 11.1 Å². The number of nitrogens with zero attached hydrogens (tertiary/aromatic N) is 2. The van der Waals surface area contributed by atoms with E-state index in [4.69, 9.17) is 9.11 Å². The van der Waals surface area contributed by atoms with Crippen molar-refractivity contribution in [3.8, 4) is 0 Å². The van der Waals surface area contributed by atoms with Crippen molar-refractivity contribution in [3.05, 3.63) is 47.5 Å². The maximum atomic E-state index is 11.3. The highest BCUT2D eigenvalue weighted by molar-refractivity contribution is 7.86. The van der Waals surface area contributed by atoms with Gasteiger partial charge in [-0.1, -0.05) is 24.3 Å². The quantitative estimate of drug-likeness (QED) is 0.291. The standard InChI is InChI=1S/C16H10N2O6S4/c19-27(20,21)13-5-3-11(15(7-13)17-9-25)1-2-12-4-6-14(28(22,23)24)8-16(12)18-10-26/h1-8H,(H,19,20,21)(H,22,23,24)/b2-1+. The van der Waals surface area contributed by atoms with E-state index < -0.39 is 20.2 Å². The molecule has 2 rings (SSSR count). The number of hydrogen-bond donors (Lipinski definition) is 2. The van der Waals surface area contributed by atoms with Gasteiger partial charge in [-0.15, -0.1) is 0 Å². The summed E-state index contributed by atoms with van der Waals surface area (Å²) in [5, 5.41) is 4.24. The molecule has 0 aliphatic heterocycles. The van der Waals surface area contributed by atoms with Crippen LogP contribution in [-0.4, -0.2) is 36.3 Å². The zero-order valence-electron chi connectivity index (χ0n) is 13.7. The largest absolute Gasteiger partial charge is 0.294 e. The van der Waals surface area contributed by atoms with Crippen molar-refractivity contribution in [1.29, 1.82) is 0 Å². The van der Waals surface area contributed by atoms with Crippen molar-refractivity contribution in [2.75, 3.05) is 0 Å². The van der Waals surface area contributed by atoms with Crippen LogP contribution in [-0.2, 0) is 20.2 Å². The zero-order valence-corrected chi connectivity index (χ0v) is 16.9. The van der Waals surface area contributed by atoms with Crippen LogP contribution in [0.15, 0.2) is 56.2 Å². The molecule has 0 aliphatic carbocycles. The smallest absolute Gasteiger partial charge is 0.282 e. The van der Waals surface area contributed by atoms with Gasteiger partial charge in [0.1, 0.15) is 0 Å². The molecule has 0 saturated carbocycles. The van der Waals surface area contributed by atoms with Gasteiger partial charge in [0.25, 0.3) is 20.2 Å². The van der Waals surface area contributed by atoms with E-state index in [0.717, 1.165) is 12.1 Å². The Labute approximate surface area is 171 Å². The lowest BCUT2D eigenvalue weighted by atomic mass is 10.1. The number of thiocarbonyl (C=S) groups is 2. The van der Waals surface area contributed by atoms with E-state index in [-0.39, 0.29) is 21.2 Å². The van der Waals surface area contributed by atoms with Gasteiger partial charge in [0.2, 0.25) is 0 Å². The van der Waals surface area contributed by atoms with Crippen LogP contribution < -0.4 is 0 Å². The van der Waals surface area contributed by atoms with E-state index >= 15 is 0 Å². The zero-order chi connectivity index (χ0) is 20.9. The summed E-state index contributed by atoms with van der Waals surface area (Å²) in [7, 11) is -8.84. The van der Waals surface area contributed by atoms with Crippen molar-refractivity contribution in [2.24, 2.45) is 9.98 Å². The predicted octanol–water partition coefficient (Wildman–Crippen LogP) is 3.82. The summed E-state index contributed by atoms with van der Waals surface area (Å²) in [6, 6.07) is 7.36. The SMILES string of the molecule is O=S(=O)(O)c1ccc(/C=C/c2ccc(S(=O)(=O)O)cc2N=C=S)c(N=C=S)c1. The van der Waals surface area contributed by atoms with E-state index in [1.165, 1.54) is 36.4 Å². The fourth-order valence-corrected chi connectivity index (χ4v) is 3.32. The first-order chi connectivity index (χ1) is 13.1. The first-order valence-corrected chi connectivity index (χ1v) is 10.8. The molecule has 0 saturated heterocycles. The van der Waals surface area contributed by atoms with Crippen LogP contribution in [0, 0.1) is 0 Å². The molecule has 0 aliphatic rings. The summed E-state index contributed by atoms with van der Waals surface area (Å²) in [6.07, 6.45) is 3.06. The number of aliphatic imine (C=N–C) groups is 2. The van der Waals surface area contributed by atoms with E-state index in [2.05, 4.69) is 44.7 Å². The highest BCUT2D eigenvalue weighted by Crippen LogP contribution is 2.28. The summed E-state index contributed by atoms with van der Waals surface area (Å²) < 4.78 is 63.3. The van der Waals surface area contributed by atoms with Crippen molar-refractivity contribution >= 4 is 78.5 Å². The highest BCUT2D eigenvalue weighted by Gasteiger charge is 2.13. The van der Waals surface area contributed by atoms with Gasteiger partial charge >= 0.3 is 0 Å². The third-order valence-electron chi connectivity index (χ3n) is 3.37. The Kier molecular flexibility index (Phi) is 6.83. The Balaban J connectivity index is 2.56. The number of rotatable bonds is 6. The molecule has 2 aromatic carbocycles. The summed E-state index contributed by atoms with van der Waals surface area (Å²) in [5.41, 5.74) is 1.13. The summed E-state index contributed by atoms with van der Waals surface area (Å²) in [4.78, 5) is 6.82. The Morgan fingerprint density at radius 3 is 1.39 bits per heavy atom. The summed E-state index contributed by atoms with van der Waals surface area (Å²) in [6.45, 7) is 0. The van der Waals surface area contributed by atoms with Crippen LogP contribution in [0.4, 0.5) is 11.4 Å². The van der Waals surface area contributed by atoms with Crippen LogP contribution >= 0.6 is 24.4 Å². The van der Waals surface area contributed by atoms with Crippen LogP contribution in [0.3, 0.4) is 0 Å². The van der Waals surface area contributed by atoms with Gasteiger partial charge in [-0.3, -0.25) is 9.11 Å². The molecular weight excluding hydrogens is 444 g/mol. The Hall–Kier alpha value is -2.40. The van der Waals surface area contributed by atoms with Crippen LogP contribution in [0.1, 0.15) is 11.1 Å². The molecule has 2 aromatic rings. The minimum absolute atomic E-state index is 0.135. The van der Waals surface area contributed by atoms with E-state index in [1.54, 1.807) is 0 Å². The Morgan fingerprint density at radius 2 is 1.11 bits per heavy atom. The molecule has 0 bridgehead atoms. The Bertz CT molecular complexity index is 1170. The molecule has 0 aromatic heterocycles. The lowest BCUT2D eigenvalue weighted by Crippen LogP contribution is -1.98.